The molecule has 0 atom stereocenters. The third-order valence-electron chi connectivity index (χ3n) is 3.90. The molecule has 2 N–H and O–H groups in total. The SMILES string of the molecule is Cc1ccc(-c2cc(C(F)F)nn2-c2ccc(C(=O)C(N)=O)cc2)cc1. The molecule has 0 fully saturated rings. The fraction of sp³-hybridized carbons (Fsp3) is 0.105. The van der Waals surface area contributed by atoms with Crippen molar-refractivity contribution < 1.29 is 18.4 Å². The molecule has 2 aromatic carbocycles. The highest BCUT2D eigenvalue weighted by Gasteiger charge is 2.18. The molecule has 1 heterocycles. The van der Waals surface area contributed by atoms with E-state index in [9.17, 15) is 18.4 Å². The van der Waals surface area contributed by atoms with E-state index in [-0.39, 0.29) is 11.3 Å². The van der Waals surface area contributed by atoms with E-state index in [1.165, 1.54) is 35.0 Å². The minimum absolute atomic E-state index is 0.124. The fourth-order valence-corrected chi connectivity index (χ4v) is 2.53. The summed E-state index contributed by atoms with van der Waals surface area (Å²) in [5.74, 6) is -1.87. The average Bonchev–Trinajstić information content (AvgIpc) is 3.07. The minimum atomic E-state index is -2.71. The highest BCUT2D eigenvalue weighted by Crippen LogP contribution is 2.28. The number of hydrogen-bond acceptors (Lipinski definition) is 3. The summed E-state index contributed by atoms with van der Waals surface area (Å²) in [5, 5.41) is 3.98. The first-order chi connectivity index (χ1) is 12.4. The highest BCUT2D eigenvalue weighted by molar-refractivity contribution is 6.42. The van der Waals surface area contributed by atoms with Gasteiger partial charge in [-0.05, 0) is 37.3 Å². The molecule has 132 valence electrons. The zero-order chi connectivity index (χ0) is 18.8. The van der Waals surface area contributed by atoms with Crippen LogP contribution in [0.2, 0.25) is 0 Å². The van der Waals surface area contributed by atoms with Crippen LogP contribution in [-0.4, -0.2) is 21.5 Å². The molecule has 5 nitrogen and oxygen atoms in total. The van der Waals surface area contributed by atoms with Crippen molar-refractivity contribution in [3.63, 3.8) is 0 Å². The monoisotopic (exact) mass is 355 g/mol. The first kappa shape index (κ1) is 17.5. The Morgan fingerprint density at radius 1 is 1.04 bits per heavy atom. The first-order valence-corrected chi connectivity index (χ1v) is 7.76. The number of amides is 1. The van der Waals surface area contributed by atoms with Crippen LogP contribution in [0.25, 0.3) is 16.9 Å². The molecule has 0 bridgehead atoms. The Morgan fingerprint density at radius 3 is 2.19 bits per heavy atom. The molecule has 0 aliphatic heterocycles. The second kappa shape index (κ2) is 6.87. The lowest BCUT2D eigenvalue weighted by Gasteiger charge is -2.08. The van der Waals surface area contributed by atoms with Gasteiger partial charge in [-0.2, -0.15) is 5.10 Å². The minimum Gasteiger partial charge on any atom is -0.363 e. The van der Waals surface area contributed by atoms with E-state index in [0.717, 1.165) is 11.1 Å². The molecule has 0 saturated carbocycles. The quantitative estimate of drug-likeness (QED) is 0.562. The molecule has 3 rings (SSSR count). The summed E-state index contributed by atoms with van der Waals surface area (Å²) in [6.07, 6.45) is -2.71. The number of carbonyl (C=O) groups is 2. The number of rotatable bonds is 5. The summed E-state index contributed by atoms with van der Waals surface area (Å²) < 4.78 is 27.7. The predicted octanol–water partition coefficient (Wildman–Crippen LogP) is 3.45. The van der Waals surface area contributed by atoms with Crippen molar-refractivity contribution >= 4 is 11.7 Å². The normalized spacial score (nSPS) is 10.9. The van der Waals surface area contributed by atoms with Crippen LogP contribution in [-0.2, 0) is 4.79 Å². The number of aryl methyl sites for hydroxylation is 1. The van der Waals surface area contributed by atoms with Gasteiger partial charge in [-0.15, -0.1) is 0 Å². The Labute approximate surface area is 148 Å². The molecule has 0 saturated heterocycles. The molecule has 0 aliphatic carbocycles. The lowest BCUT2D eigenvalue weighted by molar-refractivity contribution is -0.114. The van der Waals surface area contributed by atoms with Gasteiger partial charge in [0, 0.05) is 11.1 Å². The Kier molecular flexibility index (Phi) is 4.62. The number of benzene rings is 2. The Bertz CT molecular complexity index is 961. The summed E-state index contributed by atoms with van der Waals surface area (Å²) in [6.45, 7) is 1.93. The van der Waals surface area contributed by atoms with Gasteiger partial charge in [0.2, 0.25) is 5.78 Å². The summed E-state index contributed by atoms with van der Waals surface area (Å²) >= 11 is 0. The van der Waals surface area contributed by atoms with Crippen molar-refractivity contribution in [1.82, 2.24) is 9.78 Å². The van der Waals surface area contributed by atoms with Gasteiger partial charge in [0.25, 0.3) is 12.3 Å². The summed E-state index contributed by atoms with van der Waals surface area (Å²) in [4.78, 5) is 22.6. The smallest absolute Gasteiger partial charge is 0.289 e. The van der Waals surface area contributed by atoms with Crippen molar-refractivity contribution in [2.45, 2.75) is 13.3 Å². The molecule has 0 aliphatic rings. The standard InChI is InChI=1S/C19H15F2N3O2/c1-11-2-4-12(5-3-11)16-10-15(18(20)21)23-24(16)14-8-6-13(7-9-14)17(25)19(22)26/h2-10,18H,1H3,(H2,22,26). The highest BCUT2D eigenvalue weighted by atomic mass is 19.3. The predicted molar refractivity (Wildman–Crippen MR) is 92.2 cm³/mol. The average molecular weight is 355 g/mol. The molecule has 1 amide bonds. The van der Waals surface area contributed by atoms with Crippen molar-refractivity contribution in [3.8, 4) is 16.9 Å². The van der Waals surface area contributed by atoms with Crippen LogP contribution in [0.1, 0.15) is 28.0 Å². The van der Waals surface area contributed by atoms with Crippen LogP contribution in [0.5, 0.6) is 0 Å². The number of hydrogen-bond donors (Lipinski definition) is 1. The summed E-state index contributed by atoms with van der Waals surface area (Å²) in [6, 6.07) is 14.6. The molecule has 0 spiro atoms. The summed E-state index contributed by atoms with van der Waals surface area (Å²) in [7, 11) is 0. The Morgan fingerprint density at radius 2 is 1.65 bits per heavy atom. The van der Waals surface area contributed by atoms with Gasteiger partial charge < -0.3 is 5.73 Å². The van der Waals surface area contributed by atoms with Crippen LogP contribution < -0.4 is 5.73 Å². The third-order valence-corrected chi connectivity index (χ3v) is 3.90. The van der Waals surface area contributed by atoms with Crippen LogP contribution in [0.4, 0.5) is 8.78 Å². The van der Waals surface area contributed by atoms with E-state index in [4.69, 9.17) is 5.73 Å². The molecular weight excluding hydrogens is 340 g/mol. The van der Waals surface area contributed by atoms with E-state index in [1.807, 2.05) is 31.2 Å². The van der Waals surface area contributed by atoms with Crippen molar-refractivity contribution in [2.24, 2.45) is 5.73 Å². The zero-order valence-corrected chi connectivity index (χ0v) is 13.8. The molecule has 7 heteroatoms. The number of nitrogens with zero attached hydrogens (tertiary/aromatic N) is 2. The molecule has 26 heavy (non-hydrogen) atoms. The number of alkyl halides is 2. The van der Waals surface area contributed by atoms with Gasteiger partial charge in [-0.3, -0.25) is 9.59 Å². The number of halogens is 2. The molecule has 1 aromatic heterocycles. The van der Waals surface area contributed by atoms with Gasteiger partial charge >= 0.3 is 0 Å². The third kappa shape index (κ3) is 3.37. The largest absolute Gasteiger partial charge is 0.363 e. The van der Waals surface area contributed by atoms with E-state index in [0.29, 0.717) is 11.4 Å². The van der Waals surface area contributed by atoms with Gasteiger partial charge in [-0.25, -0.2) is 13.5 Å². The fourth-order valence-electron chi connectivity index (χ4n) is 2.53. The molecule has 0 unspecified atom stereocenters. The zero-order valence-electron chi connectivity index (χ0n) is 13.8. The van der Waals surface area contributed by atoms with Crippen LogP contribution in [0, 0.1) is 6.92 Å². The maximum absolute atomic E-state index is 13.1. The van der Waals surface area contributed by atoms with Crippen molar-refractivity contribution in [2.75, 3.05) is 0 Å². The van der Waals surface area contributed by atoms with Gasteiger partial charge in [-0.1, -0.05) is 29.8 Å². The van der Waals surface area contributed by atoms with E-state index < -0.39 is 18.1 Å². The Balaban J connectivity index is 2.07. The van der Waals surface area contributed by atoms with Crippen molar-refractivity contribution in [1.29, 1.82) is 0 Å². The van der Waals surface area contributed by atoms with E-state index >= 15 is 0 Å². The number of ketones is 1. The number of aromatic nitrogens is 2. The molecular formula is C19H15F2N3O2. The maximum Gasteiger partial charge on any atom is 0.289 e. The second-order valence-electron chi connectivity index (χ2n) is 5.77. The number of primary amides is 1. The summed E-state index contributed by atoms with van der Waals surface area (Å²) in [5.41, 5.74) is 7.50. The lowest BCUT2D eigenvalue weighted by Crippen LogP contribution is -2.23. The van der Waals surface area contributed by atoms with Crippen molar-refractivity contribution in [3.05, 3.63) is 71.4 Å². The van der Waals surface area contributed by atoms with Crippen LogP contribution in [0.15, 0.2) is 54.6 Å². The van der Waals surface area contributed by atoms with Gasteiger partial charge in [0.15, 0.2) is 0 Å². The first-order valence-electron chi connectivity index (χ1n) is 7.76. The van der Waals surface area contributed by atoms with E-state index in [1.54, 1.807) is 0 Å². The Hall–Kier alpha value is -3.35. The number of Topliss-reactive ketones (excluding diaryl/α,β-unsaturated/α-hetero) is 1. The molecule has 0 radical (unpaired) electrons. The van der Waals surface area contributed by atoms with Gasteiger partial charge in [0.05, 0.1) is 11.4 Å². The number of carbonyl (C=O) groups excluding carboxylic acids is 2. The van der Waals surface area contributed by atoms with Gasteiger partial charge in [0.1, 0.15) is 5.69 Å². The lowest BCUT2D eigenvalue weighted by atomic mass is 10.1. The topological polar surface area (TPSA) is 78.0 Å². The number of nitrogens with two attached hydrogens (primary N) is 1. The van der Waals surface area contributed by atoms with Crippen LogP contribution >= 0.6 is 0 Å². The van der Waals surface area contributed by atoms with E-state index in [2.05, 4.69) is 5.10 Å². The second-order valence-corrected chi connectivity index (χ2v) is 5.77. The van der Waals surface area contributed by atoms with Crippen LogP contribution in [0.3, 0.4) is 0 Å². The molecule has 3 aromatic rings. The maximum atomic E-state index is 13.1.